The molecule has 1 aromatic rings. The summed E-state index contributed by atoms with van der Waals surface area (Å²) in [5.74, 6) is 0.679. The van der Waals surface area contributed by atoms with Crippen LogP contribution in [0.2, 0.25) is 0 Å². The molecule has 0 aliphatic carbocycles. The molecule has 1 rings (SSSR count). The summed E-state index contributed by atoms with van der Waals surface area (Å²) in [6, 6.07) is 7.89. The van der Waals surface area contributed by atoms with Crippen LogP contribution in [0.25, 0.3) is 0 Å². The summed E-state index contributed by atoms with van der Waals surface area (Å²) in [6.07, 6.45) is -0.570. The summed E-state index contributed by atoms with van der Waals surface area (Å²) in [4.78, 5) is 4.49. The molecule has 132 valence electrons. The van der Waals surface area contributed by atoms with E-state index in [1.165, 1.54) is 5.56 Å². The minimum atomic E-state index is -0.570. The molecular formula is C17H30IN3O2. The first-order valence-corrected chi connectivity index (χ1v) is 7.70. The molecule has 0 heterocycles. The Balaban J connectivity index is 0.00000484. The van der Waals surface area contributed by atoms with E-state index in [0.717, 1.165) is 12.1 Å². The van der Waals surface area contributed by atoms with Crippen molar-refractivity contribution in [3.8, 4) is 0 Å². The van der Waals surface area contributed by atoms with E-state index in [1.807, 2.05) is 52.0 Å². The number of hydrogen-bond donors (Lipinski definition) is 3. The van der Waals surface area contributed by atoms with E-state index in [9.17, 15) is 5.11 Å². The maximum Gasteiger partial charge on any atom is 0.191 e. The molecular weight excluding hydrogens is 405 g/mol. The third-order valence-corrected chi connectivity index (χ3v) is 3.44. The van der Waals surface area contributed by atoms with Crippen LogP contribution in [0, 0.1) is 6.92 Å². The monoisotopic (exact) mass is 435 g/mol. The second-order valence-electron chi connectivity index (χ2n) is 5.97. The Morgan fingerprint density at radius 1 is 1.26 bits per heavy atom. The molecule has 0 fully saturated rings. The number of halogens is 1. The van der Waals surface area contributed by atoms with E-state index >= 15 is 0 Å². The molecule has 0 aliphatic heterocycles. The van der Waals surface area contributed by atoms with E-state index in [4.69, 9.17) is 4.74 Å². The fourth-order valence-electron chi connectivity index (χ4n) is 1.78. The smallest absolute Gasteiger partial charge is 0.191 e. The van der Waals surface area contributed by atoms with Gasteiger partial charge in [-0.2, -0.15) is 0 Å². The molecule has 0 saturated carbocycles. The first-order chi connectivity index (χ1) is 10.4. The second kappa shape index (κ2) is 10.8. The van der Waals surface area contributed by atoms with Gasteiger partial charge in [0.15, 0.2) is 5.96 Å². The lowest BCUT2D eigenvalue weighted by Crippen LogP contribution is -2.40. The number of aliphatic imine (C=N–C) groups is 1. The van der Waals surface area contributed by atoms with Gasteiger partial charge >= 0.3 is 0 Å². The van der Waals surface area contributed by atoms with Crippen LogP contribution in [0.5, 0.6) is 0 Å². The summed E-state index contributed by atoms with van der Waals surface area (Å²) < 4.78 is 5.36. The molecule has 1 aromatic carbocycles. The standard InChI is InChI=1S/C17H29N3O2.HI/c1-6-18-16(20-12-17(3,4)22-5)19-11-15(21)14-9-7-13(2)8-10-14;/h7-10,15,21H,6,11-12H2,1-5H3,(H2,18,19,20);1H. The summed E-state index contributed by atoms with van der Waals surface area (Å²) >= 11 is 0. The highest BCUT2D eigenvalue weighted by molar-refractivity contribution is 14.0. The highest BCUT2D eigenvalue weighted by Crippen LogP contribution is 2.12. The minimum Gasteiger partial charge on any atom is -0.387 e. The maximum absolute atomic E-state index is 10.2. The molecule has 0 aliphatic rings. The molecule has 1 unspecified atom stereocenters. The molecule has 0 amide bonds. The zero-order valence-electron chi connectivity index (χ0n) is 14.7. The molecule has 0 bridgehead atoms. The van der Waals surface area contributed by atoms with Gasteiger partial charge in [0.05, 0.1) is 18.2 Å². The van der Waals surface area contributed by atoms with E-state index in [-0.39, 0.29) is 29.6 Å². The van der Waals surface area contributed by atoms with E-state index < -0.39 is 6.10 Å². The van der Waals surface area contributed by atoms with Gasteiger partial charge in [-0.3, -0.25) is 4.99 Å². The molecule has 6 heteroatoms. The Kier molecular flexibility index (Phi) is 10.4. The molecule has 23 heavy (non-hydrogen) atoms. The van der Waals surface area contributed by atoms with Gasteiger partial charge in [-0.1, -0.05) is 29.8 Å². The van der Waals surface area contributed by atoms with Gasteiger partial charge in [0.2, 0.25) is 0 Å². The van der Waals surface area contributed by atoms with Crippen molar-refractivity contribution in [1.82, 2.24) is 10.6 Å². The van der Waals surface area contributed by atoms with Crippen LogP contribution in [-0.2, 0) is 4.74 Å². The summed E-state index contributed by atoms with van der Waals surface area (Å²) in [5.41, 5.74) is 1.77. The number of ether oxygens (including phenoxy) is 1. The predicted octanol–water partition coefficient (Wildman–Crippen LogP) is 2.63. The quantitative estimate of drug-likeness (QED) is 0.350. The number of aliphatic hydroxyl groups is 1. The molecule has 3 N–H and O–H groups in total. The fraction of sp³-hybridized carbons (Fsp3) is 0.588. The van der Waals surface area contributed by atoms with E-state index in [0.29, 0.717) is 19.0 Å². The normalized spacial score (nSPS) is 13.2. The number of aliphatic hydroxyl groups excluding tert-OH is 1. The number of rotatable bonds is 7. The second-order valence-corrected chi connectivity index (χ2v) is 5.97. The summed E-state index contributed by atoms with van der Waals surface area (Å²) in [5, 5.41) is 16.6. The van der Waals surface area contributed by atoms with Crippen molar-refractivity contribution in [2.45, 2.75) is 39.4 Å². The molecule has 1 atom stereocenters. The van der Waals surface area contributed by atoms with Gasteiger partial charge in [0, 0.05) is 20.2 Å². The van der Waals surface area contributed by atoms with Crippen LogP contribution in [0.4, 0.5) is 0 Å². The topological polar surface area (TPSA) is 65.9 Å². The molecule has 0 radical (unpaired) electrons. The largest absolute Gasteiger partial charge is 0.387 e. The Bertz CT molecular complexity index is 475. The SMILES string of the molecule is CCNC(=NCC(C)(C)OC)NCC(O)c1ccc(C)cc1.I. The lowest BCUT2D eigenvalue weighted by molar-refractivity contribution is 0.0310. The molecule has 0 saturated heterocycles. The van der Waals surface area contributed by atoms with Gasteiger partial charge in [-0.15, -0.1) is 24.0 Å². The highest BCUT2D eigenvalue weighted by Gasteiger charge is 2.16. The Morgan fingerprint density at radius 2 is 1.87 bits per heavy atom. The third kappa shape index (κ3) is 8.53. The lowest BCUT2D eigenvalue weighted by atomic mass is 10.1. The van der Waals surface area contributed by atoms with Crippen LogP contribution >= 0.6 is 24.0 Å². The number of hydrogen-bond acceptors (Lipinski definition) is 3. The molecule has 5 nitrogen and oxygen atoms in total. The average molecular weight is 435 g/mol. The van der Waals surface area contributed by atoms with Crippen molar-refractivity contribution in [3.05, 3.63) is 35.4 Å². The van der Waals surface area contributed by atoms with Crippen molar-refractivity contribution in [1.29, 1.82) is 0 Å². The lowest BCUT2D eigenvalue weighted by Gasteiger charge is -2.21. The van der Waals surface area contributed by atoms with Crippen molar-refractivity contribution >= 4 is 29.9 Å². The van der Waals surface area contributed by atoms with E-state index in [2.05, 4.69) is 15.6 Å². The van der Waals surface area contributed by atoms with Crippen LogP contribution in [0.15, 0.2) is 29.3 Å². The zero-order valence-corrected chi connectivity index (χ0v) is 17.0. The number of benzene rings is 1. The third-order valence-electron chi connectivity index (χ3n) is 3.44. The van der Waals surface area contributed by atoms with E-state index in [1.54, 1.807) is 7.11 Å². The van der Waals surface area contributed by atoms with Gasteiger partial charge in [0.25, 0.3) is 0 Å². The van der Waals surface area contributed by atoms with Crippen LogP contribution in [0.3, 0.4) is 0 Å². The maximum atomic E-state index is 10.2. The molecule has 0 aromatic heterocycles. The summed E-state index contributed by atoms with van der Waals surface area (Å²) in [7, 11) is 1.68. The zero-order chi connectivity index (χ0) is 16.6. The van der Waals surface area contributed by atoms with Crippen molar-refractivity contribution in [2.24, 2.45) is 4.99 Å². The number of nitrogens with zero attached hydrogens (tertiary/aromatic N) is 1. The van der Waals surface area contributed by atoms with Gasteiger partial charge in [-0.05, 0) is 33.3 Å². The van der Waals surface area contributed by atoms with Crippen molar-refractivity contribution in [2.75, 3.05) is 26.7 Å². The Morgan fingerprint density at radius 3 is 2.39 bits per heavy atom. The van der Waals surface area contributed by atoms with Crippen LogP contribution in [0.1, 0.15) is 38.0 Å². The number of aryl methyl sites for hydroxylation is 1. The Hall–Kier alpha value is -0.860. The van der Waals surface area contributed by atoms with Crippen LogP contribution < -0.4 is 10.6 Å². The molecule has 0 spiro atoms. The van der Waals surface area contributed by atoms with Gasteiger partial charge < -0.3 is 20.5 Å². The number of guanidine groups is 1. The first-order valence-electron chi connectivity index (χ1n) is 7.70. The number of methoxy groups -OCH3 is 1. The summed E-state index contributed by atoms with van der Waals surface area (Å²) in [6.45, 7) is 9.72. The van der Waals surface area contributed by atoms with Gasteiger partial charge in [-0.25, -0.2) is 0 Å². The predicted molar refractivity (Wildman–Crippen MR) is 107 cm³/mol. The Labute approximate surface area is 156 Å². The van der Waals surface area contributed by atoms with Crippen molar-refractivity contribution in [3.63, 3.8) is 0 Å². The fourth-order valence-corrected chi connectivity index (χ4v) is 1.78. The van der Waals surface area contributed by atoms with Crippen molar-refractivity contribution < 1.29 is 9.84 Å². The first kappa shape index (κ1) is 22.1. The average Bonchev–Trinajstić information content (AvgIpc) is 2.50. The van der Waals surface area contributed by atoms with Gasteiger partial charge in [0.1, 0.15) is 0 Å². The number of nitrogens with one attached hydrogen (secondary N) is 2. The minimum absolute atomic E-state index is 0. The highest BCUT2D eigenvalue weighted by atomic mass is 127. The van der Waals surface area contributed by atoms with Crippen LogP contribution in [-0.4, -0.2) is 43.4 Å².